The minimum Gasteiger partial charge on any atom is -0.497 e. The highest BCUT2D eigenvalue weighted by Crippen LogP contribution is 2.27. The number of ether oxygens (including phenoxy) is 1. The molecule has 1 aliphatic rings. The van der Waals surface area contributed by atoms with Gasteiger partial charge >= 0.3 is 0 Å². The largest absolute Gasteiger partial charge is 0.497 e. The maximum atomic E-state index is 14.1. The molecule has 1 fully saturated rings. The van der Waals surface area contributed by atoms with Crippen LogP contribution in [0.4, 0.5) is 5.69 Å². The van der Waals surface area contributed by atoms with E-state index in [2.05, 4.69) is 5.32 Å². The van der Waals surface area contributed by atoms with Crippen LogP contribution in [0, 0.1) is 6.92 Å². The first-order chi connectivity index (χ1) is 20.1. The van der Waals surface area contributed by atoms with Crippen molar-refractivity contribution in [1.82, 2.24) is 10.2 Å². The predicted molar refractivity (Wildman–Crippen MR) is 167 cm³/mol. The number of anilines is 1. The average Bonchev–Trinajstić information content (AvgIpc) is 3.52. The summed E-state index contributed by atoms with van der Waals surface area (Å²) >= 11 is 1.51. The molecule has 0 heterocycles. The molecule has 0 radical (unpaired) electrons. The number of carbonyl (C=O) groups is 2. The number of thioether (sulfide) groups is 1. The van der Waals surface area contributed by atoms with Crippen molar-refractivity contribution in [3.05, 3.63) is 83.9 Å². The molecule has 1 N–H and O–H groups in total. The number of nitrogens with zero attached hydrogens (tertiary/aromatic N) is 2. The topological polar surface area (TPSA) is 96.0 Å². The van der Waals surface area contributed by atoms with Gasteiger partial charge in [0, 0.05) is 17.5 Å². The van der Waals surface area contributed by atoms with Crippen molar-refractivity contribution in [2.75, 3.05) is 24.2 Å². The maximum absolute atomic E-state index is 14.1. The molecule has 1 saturated carbocycles. The van der Waals surface area contributed by atoms with E-state index in [1.165, 1.54) is 16.7 Å². The number of sulfonamides is 1. The van der Waals surface area contributed by atoms with Gasteiger partial charge in [0.15, 0.2) is 0 Å². The molecule has 1 aliphatic carbocycles. The Morgan fingerprint density at radius 3 is 2.17 bits per heavy atom. The molecule has 1 atom stereocenters. The van der Waals surface area contributed by atoms with E-state index in [-0.39, 0.29) is 23.4 Å². The number of hydrogen-bond acceptors (Lipinski definition) is 6. The van der Waals surface area contributed by atoms with Crippen LogP contribution in [-0.2, 0) is 26.2 Å². The lowest BCUT2D eigenvalue weighted by Crippen LogP contribution is -2.52. The van der Waals surface area contributed by atoms with Crippen molar-refractivity contribution in [3.63, 3.8) is 0 Å². The molecule has 0 bridgehead atoms. The monoisotopic (exact) mass is 609 g/mol. The van der Waals surface area contributed by atoms with E-state index in [4.69, 9.17) is 4.74 Å². The first-order valence-electron chi connectivity index (χ1n) is 14.1. The van der Waals surface area contributed by atoms with Gasteiger partial charge < -0.3 is 15.0 Å². The Morgan fingerprint density at radius 2 is 1.60 bits per heavy atom. The SMILES string of the molecule is COc1ccc(CN(C(=O)CN(c2ccc(C)cc2)S(=O)(=O)c2ccc(SC)cc2)[C@@H](C)C(=O)NC2CCCC2)cc1. The second kappa shape index (κ2) is 14.1. The second-order valence-electron chi connectivity index (χ2n) is 10.6. The van der Waals surface area contributed by atoms with Gasteiger partial charge in [-0.3, -0.25) is 13.9 Å². The summed E-state index contributed by atoms with van der Waals surface area (Å²) in [7, 11) is -2.53. The number of rotatable bonds is 12. The predicted octanol–water partition coefficient (Wildman–Crippen LogP) is 5.40. The summed E-state index contributed by atoms with van der Waals surface area (Å²) in [5, 5.41) is 3.09. The van der Waals surface area contributed by atoms with Crippen molar-refractivity contribution in [1.29, 1.82) is 0 Å². The molecule has 0 aromatic heterocycles. The molecule has 8 nitrogen and oxygen atoms in total. The minimum absolute atomic E-state index is 0.0856. The number of methoxy groups -OCH3 is 1. The van der Waals surface area contributed by atoms with Crippen LogP contribution in [0.5, 0.6) is 5.75 Å². The molecular formula is C32H39N3O5S2. The normalized spacial score (nSPS) is 14.3. The van der Waals surface area contributed by atoms with Crippen LogP contribution in [-0.4, -0.2) is 57.1 Å². The smallest absolute Gasteiger partial charge is 0.264 e. The van der Waals surface area contributed by atoms with E-state index in [1.54, 1.807) is 62.6 Å². The molecular weight excluding hydrogens is 571 g/mol. The van der Waals surface area contributed by atoms with Crippen LogP contribution in [0.2, 0.25) is 0 Å². The molecule has 4 rings (SSSR count). The van der Waals surface area contributed by atoms with Crippen LogP contribution >= 0.6 is 11.8 Å². The van der Waals surface area contributed by atoms with Crippen molar-refractivity contribution < 1.29 is 22.7 Å². The Hall–Kier alpha value is -3.50. The van der Waals surface area contributed by atoms with Crippen LogP contribution in [0.1, 0.15) is 43.7 Å². The van der Waals surface area contributed by atoms with Crippen LogP contribution < -0.4 is 14.4 Å². The molecule has 0 aliphatic heterocycles. The van der Waals surface area contributed by atoms with Gasteiger partial charge in [-0.15, -0.1) is 11.8 Å². The number of hydrogen-bond donors (Lipinski definition) is 1. The van der Waals surface area contributed by atoms with Gasteiger partial charge in [0.1, 0.15) is 18.3 Å². The fraction of sp³-hybridized carbons (Fsp3) is 0.375. The Bertz CT molecular complexity index is 1450. The van der Waals surface area contributed by atoms with E-state index in [1.807, 2.05) is 37.4 Å². The maximum Gasteiger partial charge on any atom is 0.264 e. The Kier molecular flexibility index (Phi) is 10.6. The van der Waals surface area contributed by atoms with Crippen LogP contribution in [0.15, 0.2) is 82.6 Å². The zero-order valence-corrected chi connectivity index (χ0v) is 26.2. The van der Waals surface area contributed by atoms with Gasteiger partial charge in [0.25, 0.3) is 10.0 Å². The Balaban J connectivity index is 1.67. The number of carbonyl (C=O) groups excluding carboxylic acids is 2. The molecule has 224 valence electrons. The van der Waals surface area contributed by atoms with Gasteiger partial charge in [-0.1, -0.05) is 42.7 Å². The molecule has 10 heteroatoms. The number of amides is 2. The third-order valence-electron chi connectivity index (χ3n) is 7.63. The van der Waals surface area contributed by atoms with Gasteiger partial charge in [-0.05, 0) is 87.0 Å². The lowest BCUT2D eigenvalue weighted by molar-refractivity contribution is -0.139. The number of nitrogens with one attached hydrogen (secondary N) is 1. The van der Waals surface area contributed by atoms with E-state index in [9.17, 15) is 18.0 Å². The molecule has 3 aromatic carbocycles. The fourth-order valence-corrected chi connectivity index (χ4v) is 6.84. The van der Waals surface area contributed by atoms with E-state index in [0.29, 0.717) is 11.4 Å². The highest BCUT2D eigenvalue weighted by atomic mass is 32.2. The van der Waals surface area contributed by atoms with Crippen molar-refractivity contribution in [2.24, 2.45) is 0 Å². The number of benzene rings is 3. The van der Waals surface area contributed by atoms with Crippen molar-refractivity contribution in [3.8, 4) is 5.75 Å². The standard InChI is InChI=1S/C32H39N3O5S2/c1-23-9-13-27(14-10-23)35(42(38,39)30-19-17-29(41-4)18-20-30)22-31(36)34(21-25-11-15-28(40-3)16-12-25)24(2)32(37)33-26-7-5-6-8-26/h9-20,24,26H,5-8,21-22H2,1-4H3,(H,33,37)/t24-/m0/s1. The third kappa shape index (κ3) is 7.66. The summed E-state index contributed by atoms with van der Waals surface area (Å²) in [4.78, 5) is 29.9. The van der Waals surface area contributed by atoms with Crippen LogP contribution in [0.3, 0.4) is 0 Å². The van der Waals surface area contributed by atoms with Gasteiger partial charge in [0.05, 0.1) is 17.7 Å². The fourth-order valence-electron chi connectivity index (χ4n) is 5.02. The lowest BCUT2D eigenvalue weighted by atomic mass is 10.1. The highest BCUT2D eigenvalue weighted by Gasteiger charge is 2.33. The first-order valence-corrected chi connectivity index (χ1v) is 16.7. The zero-order chi connectivity index (χ0) is 30.3. The Morgan fingerprint density at radius 1 is 0.976 bits per heavy atom. The molecule has 0 unspecified atom stereocenters. The average molecular weight is 610 g/mol. The van der Waals surface area contributed by atoms with Gasteiger partial charge in [-0.2, -0.15) is 0 Å². The summed E-state index contributed by atoms with van der Waals surface area (Å²) in [6, 6.07) is 20.2. The highest BCUT2D eigenvalue weighted by molar-refractivity contribution is 7.98. The van der Waals surface area contributed by atoms with Gasteiger partial charge in [0.2, 0.25) is 11.8 Å². The van der Waals surface area contributed by atoms with Gasteiger partial charge in [-0.25, -0.2) is 8.42 Å². The molecule has 42 heavy (non-hydrogen) atoms. The zero-order valence-electron chi connectivity index (χ0n) is 24.6. The van der Waals surface area contributed by atoms with Crippen molar-refractivity contribution >= 4 is 39.3 Å². The summed E-state index contributed by atoms with van der Waals surface area (Å²) < 4.78 is 34.4. The quantitative estimate of drug-likeness (QED) is 0.277. The van der Waals surface area contributed by atoms with E-state index < -0.39 is 28.5 Å². The second-order valence-corrected chi connectivity index (χ2v) is 13.3. The third-order valence-corrected chi connectivity index (χ3v) is 10.2. The molecule has 3 aromatic rings. The van der Waals surface area contributed by atoms with Crippen molar-refractivity contribution in [2.45, 2.75) is 68.0 Å². The number of aryl methyl sites for hydroxylation is 1. The minimum atomic E-state index is -4.11. The first kappa shape index (κ1) is 31.4. The molecule has 2 amide bonds. The lowest BCUT2D eigenvalue weighted by Gasteiger charge is -2.32. The van der Waals surface area contributed by atoms with E-state index in [0.717, 1.165) is 46.0 Å². The summed E-state index contributed by atoms with van der Waals surface area (Å²) in [5.74, 6) is -0.0567. The summed E-state index contributed by atoms with van der Waals surface area (Å²) in [6.07, 6.45) is 5.88. The van der Waals surface area contributed by atoms with E-state index >= 15 is 0 Å². The molecule has 0 spiro atoms. The summed E-state index contributed by atoms with van der Waals surface area (Å²) in [5.41, 5.74) is 2.13. The molecule has 0 saturated heterocycles. The van der Waals surface area contributed by atoms with Crippen LogP contribution in [0.25, 0.3) is 0 Å². The Labute approximate surface area is 253 Å². The summed E-state index contributed by atoms with van der Waals surface area (Å²) in [6.45, 7) is 3.27.